The first kappa shape index (κ1) is 50.1. The smallest absolute Gasteiger partial charge is 0.0324 e. The molecule has 0 heteroatoms. The van der Waals surface area contributed by atoms with E-state index >= 15 is 0 Å². The number of unbranched alkanes of at least 4 members (excludes halogenated alkanes) is 2. The Hall–Kier alpha value is -1.04. The van der Waals surface area contributed by atoms with Crippen molar-refractivity contribution in [2.75, 3.05) is 0 Å². The third-order valence-corrected chi connectivity index (χ3v) is 2.21. The van der Waals surface area contributed by atoms with Crippen LogP contribution in [-0.2, 0) is 0 Å². The van der Waals surface area contributed by atoms with Gasteiger partial charge < -0.3 is 0 Å². The zero-order valence-electron chi connectivity index (χ0n) is 19.1. The Kier molecular flexibility index (Phi) is 119. The minimum atomic E-state index is 0. The van der Waals surface area contributed by atoms with Gasteiger partial charge in [-0.25, -0.2) is 0 Å². The fraction of sp³-hybridized carbons (Fsp3) is 0.704. The SMILES string of the molecule is C.C.C.C/C=C\C=C\CC(C)C.C=C(C)/C=C\C.CC.CC.CCCCC. The molecule has 0 amide bonds. The Morgan fingerprint density at radius 1 is 0.815 bits per heavy atom. The van der Waals surface area contributed by atoms with Crippen molar-refractivity contribution >= 4 is 0 Å². The van der Waals surface area contributed by atoms with Crippen LogP contribution in [0.25, 0.3) is 0 Å². The molecule has 0 aromatic carbocycles. The molecular formula is C27H62. The summed E-state index contributed by atoms with van der Waals surface area (Å²) in [7, 11) is 0. The summed E-state index contributed by atoms with van der Waals surface area (Å²) in [4.78, 5) is 0. The van der Waals surface area contributed by atoms with Crippen molar-refractivity contribution in [3.63, 3.8) is 0 Å². The Morgan fingerprint density at radius 3 is 1.37 bits per heavy atom. The molecule has 27 heavy (non-hydrogen) atoms. The average molecular weight is 387 g/mol. The lowest BCUT2D eigenvalue weighted by Gasteiger charge is -1.94. The quantitative estimate of drug-likeness (QED) is 0.398. The van der Waals surface area contributed by atoms with Crippen molar-refractivity contribution < 1.29 is 0 Å². The fourth-order valence-corrected chi connectivity index (χ4v) is 1.18. The van der Waals surface area contributed by atoms with E-state index in [1.165, 1.54) is 25.7 Å². The molecule has 0 nitrogen and oxygen atoms in total. The van der Waals surface area contributed by atoms with Crippen molar-refractivity contribution in [3.05, 3.63) is 48.6 Å². The van der Waals surface area contributed by atoms with Gasteiger partial charge >= 0.3 is 0 Å². The minimum absolute atomic E-state index is 0. The predicted octanol–water partition coefficient (Wildman–Crippen LogP) is 11.5. The molecule has 0 spiro atoms. The molecule has 0 unspecified atom stereocenters. The second kappa shape index (κ2) is 64.0. The van der Waals surface area contributed by atoms with E-state index < -0.39 is 0 Å². The van der Waals surface area contributed by atoms with Gasteiger partial charge in [-0.3, -0.25) is 0 Å². The molecular weight excluding hydrogens is 324 g/mol. The number of allylic oxidation sites excluding steroid dienone is 7. The van der Waals surface area contributed by atoms with E-state index in [2.05, 4.69) is 52.5 Å². The summed E-state index contributed by atoms with van der Waals surface area (Å²) in [5.74, 6) is 0.784. The first-order valence-corrected chi connectivity index (χ1v) is 10.0. The van der Waals surface area contributed by atoms with Gasteiger partial charge in [0.15, 0.2) is 0 Å². The van der Waals surface area contributed by atoms with Crippen molar-refractivity contribution in [2.45, 2.75) is 124 Å². The second-order valence-corrected chi connectivity index (χ2v) is 5.28. The molecule has 0 rings (SSSR count). The van der Waals surface area contributed by atoms with Crippen LogP contribution in [0.2, 0.25) is 0 Å². The maximum absolute atomic E-state index is 3.66. The van der Waals surface area contributed by atoms with Crippen molar-refractivity contribution in [3.8, 4) is 0 Å². The standard InChI is InChI=1S/C9H16.C6H10.C5H12.2C2H6.3CH4/c1-4-5-6-7-8-9(2)3;1-4-5-6(2)3;1-3-5-4-2;2*1-2;;;/h4-7,9H,8H2,1-3H3;4-5H,2H2,1,3H3;3-5H2,1-2H3;2*1-2H3;3*1H4/b5-4-,7-6+;5-4-;;;;;;. The molecule has 0 aromatic rings. The Labute approximate surface area is 179 Å². The van der Waals surface area contributed by atoms with Crippen molar-refractivity contribution in [1.82, 2.24) is 0 Å². The molecule has 0 saturated carbocycles. The lowest BCUT2D eigenvalue weighted by Crippen LogP contribution is -1.80. The van der Waals surface area contributed by atoms with E-state index in [1.807, 2.05) is 66.7 Å². The predicted molar refractivity (Wildman–Crippen MR) is 141 cm³/mol. The molecule has 0 aliphatic rings. The summed E-state index contributed by atoms with van der Waals surface area (Å²) in [5.41, 5.74) is 1.11. The van der Waals surface area contributed by atoms with Gasteiger partial charge in [0.1, 0.15) is 0 Å². The summed E-state index contributed by atoms with van der Waals surface area (Å²) >= 11 is 0. The minimum Gasteiger partial charge on any atom is -0.0961 e. The lowest BCUT2D eigenvalue weighted by molar-refractivity contribution is 0.664. The molecule has 0 radical (unpaired) electrons. The molecule has 0 N–H and O–H groups in total. The van der Waals surface area contributed by atoms with Crippen LogP contribution in [0, 0.1) is 5.92 Å². The van der Waals surface area contributed by atoms with Gasteiger partial charge in [-0.1, -0.05) is 146 Å². The average Bonchev–Trinajstić information content (AvgIpc) is 2.57. The van der Waals surface area contributed by atoms with Crippen molar-refractivity contribution in [2.24, 2.45) is 5.92 Å². The third-order valence-electron chi connectivity index (χ3n) is 2.21. The Morgan fingerprint density at radius 2 is 1.22 bits per heavy atom. The number of hydrogen-bond donors (Lipinski definition) is 0. The number of rotatable bonds is 6. The zero-order chi connectivity index (χ0) is 20.2. The third kappa shape index (κ3) is 133. The van der Waals surface area contributed by atoms with Crippen molar-refractivity contribution in [1.29, 1.82) is 0 Å². The molecule has 0 bridgehead atoms. The monoisotopic (exact) mass is 386 g/mol. The van der Waals surface area contributed by atoms with Gasteiger partial charge in [0.2, 0.25) is 0 Å². The highest BCUT2D eigenvalue weighted by molar-refractivity contribution is 5.09. The van der Waals surface area contributed by atoms with E-state index in [0.717, 1.165) is 11.5 Å². The Balaban J connectivity index is -0.0000000299. The normalized spacial score (nSPS) is 8.30. The zero-order valence-corrected chi connectivity index (χ0v) is 19.1. The molecule has 0 aromatic heterocycles. The topological polar surface area (TPSA) is 0 Å². The molecule has 170 valence electrons. The van der Waals surface area contributed by atoms with Crippen LogP contribution in [0.4, 0.5) is 0 Å². The van der Waals surface area contributed by atoms with Gasteiger partial charge in [-0.05, 0) is 33.1 Å². The molecule has 0 atom stereocenters. The van der Waals surface area contributed by atoms with Crippen LogP contribution in [0.5, 0.6) is 0 Å². The van der Waals surface area contributed by atoms with Gasteiger partial charge in [0.25, 0.3) is 0 Å². The lowest BCUT2D eigenvalue weighted by atomic mass is 10.1. The summed E-state index contributed by atoms with van der Waals surface area (Å²) in [6, 6.07) is 0. The van der Waals surface area contributed by atoms with E-state index in [0.29, 0.717) is 0 Å². The van der Waals surface area contributed by atoms with Crippen LogP contribution in [0.15, 0.2) is 48.6 Å². The van der Waals surface area contributed by atoms with Gasteiger partial charge in [-0.15, -0.1) is 0 Å². The highest BCUT2D eigenvalue weighted by Crippen LogP contribution is 1.99. The second-order valence-electron chi connectivity index (χ2n) is 5.28. The van der Waals surface area contributed by atoms with Crippen LogP contribution >= 0.6 is 0 Å². The van der Waals surface area contributed by atoms with E-state index in [4.69, 9.17) is 0 Å². The summed E-state index contributed by atoms with van der Waals surface area (Å²) in [6.07, 6.45) is 17.6. The van der Waals surface area contributed by atoms with Crippen LogP contribution < -0.4 is 0 Å². The fourth-order valence-electron chi connectivity index (χ4n) is 1.18. The van der Waals surface area contributed by atoms with Crippen LogP contribution in [-0.4, -0.2) is 0 Å². The molecule has 0 aliphatic carbocycles. The van der Waals surface area contributed by atoms with E-state index in [9.17, 15) is 0 Å². The molecule has 0 heterocycles. The summed E-state index contributed by atoms with van der Waals surface area (Å²) in [5, 5.41) is 0. The Bertz CT molecular complexity index is 249. The van der Waals surface area contributed by atoms with Crippen LogP contribution in [0.3, 0.4) is 0 Å². The highest BCUT2D eigenvalue weighted by Gasteiger charge is 1.84. The van der Waals surface area contributed by atoms with E-state index in [1.54, 1.807) is 0 Å². The van der Waals surface area contributed by atoms with Gasteiger partial charge in [0.05, 0.1) is 0 Å². The summed E-state index contributed by atoms with van der Waals surface area (Å²) in [6.45, 7) is 26.5. The molecule has 0 fully saturated rings. The highest BCUT2D eigenvalue weighted by atomic mass is 13.9. The summed E-state index contributed by atoms with van der Waals surface area (Å²) < 4.78 is 0. The number of hydrogen-bond acceptors (Lipinski definition) is 0. The molecule has 0 aliphatic heterocycles. The molecule has 0 saturated heterocycles. The maximum Gasteiger partial charge on any atom is -0.0324 e. The van der Waals surface area contributed by atoms with Crippen LogP contribution in [0.1, 0.15) is 124 Å². The van der Waals surface area contributed by atoms with E-state index in [-0.39, 0.29) is 22.3 Å². The maximum atomic E-state index is 3.66. The first-order valence-electron chi connectivity index (χ1n) is 10.0. The first-order chi connectivity index (χ1) is 11.5. The largest absolute Gasteiger partial charge is 0.0961 e. The van der Waals surface area contributed by atoms with Gasteiger partial charge in [-0.2, -0.15) is 0 Å². The van der Waals surface area contributed by atoms with Gasteiger partial charge in [0, 0.05) is 0 Å².